The maximum absolute atomic E-state index is 12.4. The van der Waals surface area contributed by atoms with Gasteiger partial charge in [0.2, 0.25) is 0 Å². The summed E-state index contributed by atoms with van der Waals surface area (Å²) in [6.45, 7) is 0. The van der Waals surface area contributed by atoms with Crippen LogP contribution in [0.5, 0.6) is 0 Å². The molecule has 2 heteroatoms. The number of carbonyl (C=O) groups is 1. The van der Waals surface area contributed by atoms with Gasteiger partial charge in [0.05, 0.1) is 0 Å². The van der Waals surface area contributed by atoms with Crippen molar-refractivity contribution < 1.29 is 9.53 Å². The first kappa shape index (κ1) is 10.3. The van der Waals surface area contributed by atoms with Crippen LogP contribution in [0.15, 0.2) is 48.6 Å². The fourth-order valence-electron chi connectivity index (χ4n) is 3.82. The lowest BCUT2D eigenvalue weighted by molar-refractivity contribution is -0.134. The van der Waals surface area contributed by atoms with Crippen molar-refractivity contribution in [3.8, 4) is 0 Å². The molecule has 1 aromatic carbocycles. The summed E-state index contributed by atoms with van der Waals surface area (Å²) >= 11 is 0. The average Bonchev–Trinajstić information content (AvgIpc) is 2.60. The number of benzene rings is 1. The minimum atomic E-state index is -0.775. The normalized spacial score (nSPS) is 38.9. The van der Waals surface area contributed by atoms with E-state index in [2.05, 4.69) is 24.3 Å². The Balaban J connectivity index is 1.98. The lowest BCUT2D eigenvalue weighted by Crippen LogP contribution is -2.52. The summed E-state index contributed by atoms with van der Waals surface area (Å²) in [5, 5.41) is 0. The van der Waals surface area contributed by atoms with Gasteiger partial charge in [0.1, 0.15) is 0 Å². The molecule has 0 aliphatic heterocycles. The Hall–Kier alpha value is -1.67. The molecule has 4 aliphatic rings. The van der Waals surface area contributed by atoms with Gasteiger partial charge in [-0.1, -0.05) is 36.4 Å². The SMILES string of the molecule is CO[C@]12C=C[C@H](C=CC1=O)[C@H]1c3ccccc3[C@H]12. The highest BCUT2D eigenvalue weighted by molar-refractivity contribution is 6.01. The van der Waals surface area contributed by atoms with E-state index in [-0.39, 0.29) is 11.7 Å². The monoisotopic (exact) mass is 238 g/mol. The molecule has 2 bridgehead atoms. The van der Waals surface area contributed by atoms with Gasteiger partial charge in [-0.15, -0.1) is 0 Å². The number of hydrogen-bond acceptors (Lipinski definition) is 2. The number of ether oxygens (including phenoxy) is 1. The number of carbonyl (C=O) groups excluding carboxylic acids is 1. The van der Waals surface area contributed by atoms with E-state index in [4.69, 9.17) is 4.74 Å². The van der Waals surface area contributed by atoms with Gasteiger partial charge in [-0.3, -0.25) is 4.79 Å². The topological polar surface area (TPSA) is 26.3 Å². The fraction of sp³-hybridized carbons (Fsp3) is 0.312. The predicted octanol–water partition coefficient (Wildman–Crippen LogP) is 2.58. The van der Waals surface area contributed by atoms with Gasteiger partial charge in [0.15, 0.2) is 11.4 Å². The highest BCUT2D eigenvalue weighted by Crippen LogP contribution is 2.61. The Morgan fingerprint density at radius 2 is 1.94 bits per heavy atom. The fourth-order valence-corrected chi connectivity index (χ4v) is 3.82. The Labute approximate surface area is 106 Å². The predicted molar refractivity (Wildman–Crippen MR) is 68.4 cm³/mol. The molecule has 2 nitrogen and oxygen atoms in total. The summed E-state index contributed by atoms with van der Waals surface area (Å²) in [5.74, 6) is 0.982. The van der Waals surface area contributed by atoms with Crippen molar-refractivity contribution in [2.75, 3.05) is 7.11 Å². The van der Waals surface area contributed by atoms with Crippen molar-refractivity contribution in [3.63, 3.8) is 0 Å². The molecule has 0 heterocycles. The summed E-state index contributed by atoms with van der Waals surface area (Å²) in [4.78, 5) is 12.4. The Bertz CT molecular complexity index is 599. The van der Waals surface area contributed by atoms with E-state index in [0.29, 0.717) is 11.8 Å². The number of ketones is 1. The second-order valence-corrected chi connectivity index (χ2v) is 5.29. The highest BCUT2D eigenvalue weighted by Gasteiger charge is 2.58. The second-order valence-electron chi connectivity index (χ2n) is 5.29. The summed E-state index contributed by atoms with van der Waals surface area (Å²) in [7, 11) is 1.64. The van der Waals surface area contributed by atoms with Crippen molar-refractivity contribution in [2.24, 2.45) is 5.92 Å². The molecule has 0 amide bonds. The van der Waals surface area contributed by atoms with Crippen molar-refractivity contribution in [1.29, 1.82) is 0 Å². The molecule has 1 aromatic rings. The Morgan fingerprint density at radius 1 is 1.17 bits per heavy atom. The van der Waals surface area contributed by atoms with Gasteiger partial charge in [-0.2, -0.15) is 0 Å². The molecule has 0 saturated heterocycles. The van der Waals surface area contributed by atoms with Crippen LogP contribution in [0.4, 0.5) is 0 Å². The van der Waals surface area contributed by atoms with Crippen LogP contribution in [0.25, 0.3) is 0 Å². The first-order chi connectivity index (χ1) is 8.78. The second kappa shape index (κ2) is 3.21. The largest absolute Gasteiger partial charge is 0.365 e. The molecule has 0 saturated carbocycles. The average molecular weight is 238 g/mol. The first-order valence-electron chi connectivity index (χ1n) is 6.34. The molecule has 0 N–H and O–H groups in total. The van der Waals surface area contributed by atoms with Crippen LogP contribution in [-0.2, 0) is 9.53 Å². The van der Waals surface area contributed by atoms with E-state index in [1.807, 2.05) is 18.2 Å². The standard InChI is InChI=1S/C16H14O2/c1-18-16-9-8-10(6-7-13(16)17)14-11-4-2-3-5-12(11)15(14)16/h2-10,14-15H,1H3/t10-,14-,15+,16+/m0/s1. The van der Waals surface area contributed by atoms with Crippen LogP contribution in [0, 0.1) is 5.92 Å². The lowest BCUT2D eigenvalue weighted by Gasteiger charge is -2.51. The molecule has 0 aromatic heterocycles. The van der Waals surface area contributed by atoms with Gasteiger partial charge in [-0.25, -0.2) is 0 Å². The molecular weight excluding hydrogens is 224 g/mol. The molecule has 0 radical (unpaired) electrons. The molecule has 0 fully saturated rings. The summed E-state index contributed by atoms with van der Waals surface area (Å²) in [6.07, 6.45) is 7.83. The zero-order valence-electron chi connectivity index (χ0n) is 10.2. The Morgan fingerprint density at radius 3 is 2.72 bits per heavy atom. The van der Waals surface area contributed by atoms with Crippen LogP contribution in [0.2, 0.25) is 0 Å². The zero-order valence-corrected chi connectivity index (χ0v) is 10.2. The third-order valence-electron chi connectivity index (χ3n) is 4.68. The summed E-state index contributed by atoms with van der Waals surface area (Å²) in [6, 6.07) is 8.41. The van der Waals surface area contributed by atoms with Crippen molar-refractivity contribution in [1.82, 2.24) is 0 Å². The van der Waals surface area contributed by atoms with E-state index in [1.54, 1.807) is 13.2 Å². The Kier molecular flexibility index (Phi) is 1.83. The number of hydrogen-bond donors (Lipinski definition) is 0. The highest BCUT2D eigenvalue weighted by atomic mass is 16.5. The minimum Gasteiger partial charge on any atom is -0.365 e. The third-order valence-corrected chi connectivity index (χ3v) is 4.68. The number of rotatable bonds is 1. The molecule has 4 aliphatic carbocycles. The molecule has 18 heavy (non-hydrogen) atoms. The lowest BCUT2D eigenvalue weighted by atomic mass is 9.54. The van der Waals surface area contributed by atoms with Crippen LogP contribution in [0.3, 0.4) is 0 Å². The van der Waals surface area contributed by atoms with E-state index < -0.39 is 5.60 Å². The van der Waals surface area contributed by atoms with Crippen molar-refractivity contribution in [3.05, 3.63) is 59.7 Å². The van der Waals surface area contributed by atoms with Gasteiger partial charge < -0.3 is 4.74 Å². The van der Waals surface area contributed by atoms with Gasteiger partial charge in [0, 0.05) is 24.9 Å². The number of methoxy groups -OCH3 is 1. The maximum atomic E-state index is 12.4. The van der Waals surface area contributed by atoms with Gasteiger partial charge in [0.25, 0.3) is 0 Å². The van der Waals surface area contributed by atoms with Crippen LogP contribution in [0.1, 0.15) is 23.0 Å². The number of fused-ring (bicyclic) bond motifs is 2. The summed E-state index contributed by atoms with van der Waals surface area (Å²) < 4.78 is 5.66. The zero-order chi connectivity index (χ0) is 12.3. The van der Waals surface area contributed by atoms with E-state index in [9.17, 15) is 4.79 Å². The van der Waals surface area contributed by atoms with Crippen LogP contribution >= 0.6 is 0 Å². The van der Waals surface area contributed by atoms with Crippen LogP contribution in [-0.4, -0.2) is 18.5 Å². The third kappa shape index (κ3) is 0.966. The van der Waals surface area contributed by atoms with Gasteiger partial charge >= 0.3 is 0 Å². The van der Waals surface area contributed by atoms with Crippen molar-refractivity contribution >= 4 is 5.78 Å². The van der Waals surface area contributed by atoms with E-state index in [0.717, 1.165) is 0 Å². The van der Waals surface area contributed by atoms with Crippen LogP contribution < -0.4 is 0 Å². The molecule has 0 spiro atoms. The maximum Gasteiger partial charge on any atom is 0.191 e. The molecule has 5 rings (SSSR count). The van der Waals surface area contributed by atoms with Crippen molar-refractivity contribution in [2.45, 2.75) is 17.4 Å². The van der Waals surface area contributed by atoms with E-state index in [1.165, 1.54) is 11.1 Å². The molecular formula is C16H14O2. The molecule has 4 atom stereocenters. The quantitative estimate of drug-likeness (QED) is 0.703. The molecule has 0 unspecified atom stereocenters. The smallest absolute Gasteiger partial charge is 0.191 e. The minimum absolute atomic E-state index is 0.0748. The number of allylic oxidation sites excluding steroid dienone is 2. The first-order valence-corrected chi connectivity index (χ1v) is 6.34. The summed E-state index contributed by atoms with van der Waals surface area (Å²) in [5.41, 5.74) is 1.87. The van der Waals surface area contributed by atoms with Gasteiger partial charge in [-0.05, 0) is 23.3 Å². The van der Waals surface area contributed by atoms with E-state index >= 15 is 0 Å². The molecule has 90 valence electrons.